The van der Waals surface area contributed by atoms with Crippen LogP contribution >= 0.6 is 0 Å². The monoisotopic (exact) mass is 413 g/mol. The first-order chi connectivity index (χ1) is 14.1. The van der Waals surface area contributed by atoms with Gasteiger partial charge in [-0.15, -0.1) is 0 Å². The van der Waals surface area contributed by atoms with Crippen LogP contribution in [0.1, 0.15) is 56.7 Å². The Labute approximate surface area is 180 Å². The number of rotatable bonds is 6. The Morgan fingerprint density at radius 2 is 1.70 bits per heavy atom. The molecule has 0 bridgehead atoms. The van der Waals surface area contributed by atoms with E-state index in [0.717, 1.165) is 30.5 Å². The molecule has 1 aliphatic rings. The van der Waals surface area contributed by atoms with Crippen molar-refractivity contribution in [1.82, 2.24) is 4.90 Å². The van der Waals surface area contributed by atoms with Crippen LogP contribution in [0.4, 0.5) is 4.39 Å². The van der Waals surface area contributed by atoms with E-state index in [-0.39, 0.29) is 23.3 Å². The predicted molar refractivity (Wildman–Crippen MR) is 120 cm³/mol. The highest BCUT2D eigenvalue weighted by molar-refractivity contribution is 5.32. The average molecular weight is 414 g/mol. The smallest absolute Gasteiger partial charge is 0.123 e. The molecule has 3 nitrogen and oxygen atoms in total. The van der Waals surface area contributed by atoms with Gasteiger partial charge in [0.1, 0.15) is 5.82 Å². The van der Waals surface area contributed by atoms with E-state index in [0.29, 0.717) is 13.0 Å². The summed E-state index contributed by atoms with van der Waals surface area (Å²) in [4.78, 5) is 2.14. The third kappa shape index (κ3) is 5.48. The van der Waals surface area contributed by atoms with Gasteiger partial charge in [0, 0.05) is 12.5 Å². The van der Waals surface area contributed by atoms with Crippen LogP contribution in [0.3, 0.4) is 0 Å². The van der Waals surface area contributed by atoms with Crippen molar-refractivity contribution < 1.29 is 14.2 Å². The Hall–Kier alpha value is -1.75. The molecular formula is C26H36FNO2. The molecule has 3 atom stereocenters. The zero-order chi connectivity index (χ0) is 21.9. The highest BCUT2D eigenvalue weighted by atomic mass is 19.1. The van der Waals surface area contributed by atoms with Gasteiger partial charge in [-0.25, -0.2) is 4.39 Å². The van der Waals surface area contributed by atoms with Crippen molar-refractivity contribution >= 4 is 0 Å². The topological polar surface area (TPSA) is 32.7 Å². The molecule has 0 radical (unpaired) electrons. The molecule has 0 aliphatic heterocycles. The molecule has 0 aromatic heterocycles. The van der Waals surface area contributed by atoms with Crippen molar-refractivity contribution in [2.45, 2.75) is 63.8 Å². The van der Waals surface area contributed by atoms with Crippen molar-refractivity contribution in [3.8, 4) is 0 Å². The summed E-state index contributed by atoms with van der Waals surface area (Å²) in [5.74, 6) is -0.148. The lowest BCUT2D eigenvalue weighted by Gasteiger charge is -2.44. The molecule has 2 aromatic rings. The third-order valence-electron chi connectivity index (χ3n) is 6.31. The van der Waals surface area contributed by atoms with Gasteiger partial charge in [-0.3, -0.25) is 0 Å². The summed E-state index contributed by atoms with van der Waals surface area (Å²) < 4.78 is 19.3. The van der Waals surface area contributed by atoms with Gasteiger partial charge in [-0.1, -0.05) is 57.2 Å². The number of benzene rings is 2. The highest BCUT2D eigenvalue weighted by Crippen LogP contribution is 2.43. The van der Waals surface area contributed by atoms with Crippen LogP contribution in [0.25, 0.3) is 0 Å². The number of ether oxygens (including phenoxy) is 1. The number of halogens is 1. The average Bonchev–Trinajstić information content (AvgIpc) is 2.69. The van der Waals surface area contributed by atoms with E-state index in [4.69, 9.17) is 4.74 Å². The van der Waals surface area contributed by atoms with Gasteiger partial charge in [-0.2, -0.15) is 0 Å². The van der Waals surface area contributed by atoms with Gasteiger partial charge < -0.3 is 14.7 Å². The first-order valence-electron chi connectivity index (χ1n) is 10.9. The number of hydrogen-bond acceptors (Lipinski definition) is 3. The van der Waals surface area contributed by atoms with Crippen molar-refractivity contribution in [2.75, 3.05) is 20.6 Å². The Kier molecular flexibility index (Phi) is 7.01. The van der Waals surface area contributed by atoms with E-state index in [1.807, 2.05) is 14.1 Å². The lowest BCUT2D eigenvalue weighted by Crippen LogP contribution is -2.46. The van der Waals surface area contributed by atoms with E-state index >= 15 is 0 Å². The van der Waals surface area contributed by atoms with E-state index in [2.05, 4.69) is 49.9 Å². The minimum Gasteiger partial charge on any atom is -0.385 e. The minimum absolute atomic E-state index is 0.0833. The molecule has 30 heavy (non-hydrogen) atoms. The van der Waals surface area contributed by atoms with Gasteiger partial charge in [0.25, 0.3) is 0 Å². The standard InChI is InChI=1S/C26H36FNO2/c1-25(2,3)20-8-10-21(11-9-20)26(29)15-14-24(16-22(26)17-28(4)5)30-18-19-6-12-23(27)13-7-19/h6-13,22,24,29H,14-18H2,1-5H3. The summed E-state index contributed by atoms with van der Waals surface area (Å²) in [5, 5.41) is 11.8. The molecule has 1 N–H and O–H groups in total. The fraction of sp³-hybridized carbons (Fsp3) is 0.538. The molecule has 3 rings (SSSR count). The molecule has 1 saturated carbocycles. The van der Waals surface area contributed by atoms with Crippen LogP contribution in [0.5, 0.6) is 0 Å². The molecule has 3 unspecified atom stereocenters. The summed E-state index contributed by atoms with van der Waals surface area (Å²) >= 11 is 0. The SMILES string of the molecule is CN(C)CC1CC(OCc2ccc(F)cc2)CCC1(O)c1ccc(C(C)(C)C)cc1. The van der Waals surface area contributed by atoms with Crippen LogP contribution in [0.15, 0.2) is 48.5 Å². The molecule has 2 aromatic carbocycles. The number of hydrogen-bond donors (Lipinski definition) is 1. The molecule has 0 heterocycles. The molecule has 1 fully saturated rings. The van der Waals surface area contributed by atoms with Crippen LogP contribution in [-0.4, -0.2) is 36.8 Å². The first kappa shape index (κ1) is 22.9. The molecular weight excluding hydrogens is 377 g/mol. The van der Waals surface area contributed by atoms with Crippen LogP contribution < -0.4 is 0 Å². The van der Waals surface area contributed by atoms with Crippen molar-refractivity contribution in [3.05, 3.63) is 71.0 Å². The van der Waals surface area contributed by atoms with Crippen LogP contribution in [0.2, 0.25) is 0 Å². The second-order valence-electron chi connectivity index (χ2n) is 10.0. The molecule has 0 amide bonds. The lowest BCUT2D eigenvalue weighted by molar-refractivity contribution is -0.110. The third-order valence-corrected chi connectivity index (χ3v) is 6.31. The Morgan fingerprint density at radius 3 is 2.27 bits per heavy atom. The Bertz CT molecular complexity index is 810. The van der Waals surface area contributed by atoms with E-state index in [1.54, 1.807) is 12.1 Å². The van der Waals surface area contributed by atoms with Crippen molar-refractivity contribution in [2.24, 2.45) is 5.92 Å². The largest absolute Gasteiger partial charge is 0.385 e. The summed E-state index contributed by atoms with van der Waals surface area (Å²) in [6, 6.07) is 15.0. The van der Waals surface area contributed by atoms with Gasteiger partial charge in [-0.05, 0) is 67.6 Å². The quantitative estimate of drug-likeness (QED) is 0.701. The Morgan fingerprint density at radius 1 is 1.07 bits per heavy atom. The summed E-state index contributed by atoms with van der Waals surface area (Å²) in [6.45, 7) is 7.88. The maximum absolute atomic E-state index is 13.1. The maximum atomic E-state index is 13.1. The predicted octanol–water partition coefficient (Wildman–Crippen LogP) is 5.26. The molecule has 0 spiro atoms. The van der Waals surface area contributed by atoms with Crippen LogP contribution in [0, 0.1) is 11.7 Å². The zero-order valence-corrected chi connectivity index (χ0v) is 19.0. The van der Waals surface area contributed by atoms with Crippen molar-refractivity contribution in [3.63, 3.8) is 0 Å². The maximum Gasteiger partial charge on any atom is 0.123 e. The number of aliphatic hydroxyl groups is 1. The highest BCUT2D eigenvalue weighted by Gasteiger charge is 2.43. The van der Waals surface area contributed by atoms with Crippen molar-refractivity contribution in [1.29, 1.82) is 0 Å². The second kappa shape index (κ2) is 9.17. The van der Waals surface area contributed by atoms with Gasteiger partial charge in [0.2, 0.25) is 0 Å². The van der Waals surface area contributed by atoms with Gasteiger partial charge in [0.05, 0.1) is 18.3 Å². The fourth-order valence-corrected chi connectivity index (χ4v) is 4.47. The summed E-state index contributed by atoms with van der Waals surface area (Å²) in [6.07, 6.45) is 2.38. The molecule has 0 saturated heterocycles. The lowest BCUT2D eigenvalue weighted by atomic mass is 9.70. The minimum atomic E-state index is -0.851. The first-order valence-corrected chi connectivity index (χ1v) is 10.9. The molecule has 4 heteroatoms. The van der Waals surface area contributed by atoms with E-state index in [9.17, 15) is 9.50 Å². The second-order valence-corrected chi connectivity index (χ2v) is 10.0. The molecule has 1 aliphatic carbocycles. The summed E-state index contributed by atoms with van der Waals surface area (Å²) in [5.41, 5.74) is 2.49. The Balaban J connectivity index is 1.73. The number of nitrogens with zero attached hydrogens (tertiary/aromatic N) is 1. The van der Waals surface area contributed by atoms with E-state index in [1.165, 1.54) is 17.7 Å². The molecule has 164 valence electrons. The van der Waals surface area contributed by atoms with Gasteiger partial charge >= 0.3 is 0 Å². The fourth-order valence-electron chi connectivity index (χ4n) is 4.47. The summed E-state index contributed by atoms with van der Waals surface area (Å²) in [7, 11) is 4.10. The van der Waals surface area contributed by atoms with Gasteiger partial charge in [0.15, 0.2) is 0 Å². The van der Waals surface area contributed by atoms with Crippen LogP contribution in [-0.2, 0) is 22.4 Å². The normalized spacial score (nSPS) is 24.9. The van der Waals surface area contributed by atoms with E-state index < -0.39 is 5.60 Å². The zero-order valence-electron chi connectivity index (χ0n) is 19.0.